The molecule has 0 aliphatic rings. The van der Waals surface area contributed by atoms with Gasteiger partial charge in [-0.1, -0.05) is 19.1 Å². The summed E-state index contributed by atoms with van der Waals surface area (Å²) in [6.07, 6.45) is 0. The van der Waals surface area contributed by atoms with Gasteiger partial charge in [0.25, 0.3) is 0 Å². The summed E-state index contributed by atoms with van der Waals surface area (Å²) in [6, 6.07) is 7.26. The van der Waals surface area contributed by atoms with Gasteiger partial charge >= 0.3 is 0 Å². The molecule has 1 aromatic heterocycles. The van der Waals surface area contributed by atoms with E-state index in [1.54, 1.807) is 6.07 Å². The number of benzene rings is 1. The topological polar surface area (TPSA) is 12.0 Å². The zero-order valence-electron chi connectivity index (χ0n) is 8.01. The fourth-order valence-electron chi connectivity index (χ4n) is 1.42. The van der Waals surface area contributed by atoms with E-state index in [0.717, 1.165) is 23.2 Å². The van der Waals surface area contributed by atoms with Crippen LogP contribution in [0.2, 0.25) is 0 Å². The van der Waals surface area contributed by atoms with E-state index < -0.39 is 0 Å². The highest BCUT2D eigenvalue weighted by atomic mass is 32.1. The molecule has 1 nitrogen and oxygen atoms in total. The van der Waals surface area contributed by atoms with Gasteiger partial charge in [-0.2, -0.15) is 0 Å². The van der Waals surface area contributed by atoms with Gasteiger partial charge in [-0.05, 0) is 24.1 Å². The van der Waals surface area contributed by atoms with E-state index in [1.165, 1.54) is 22.3 Å². The van der Waals surface area contributed by atoms with Crippen molar-refractivity contribution in [3.05, 3.63) is 35.0 Å². The van der Waals surface area contributed by atoms with Crippen LogP contribution in [0.25, 0.3) is 10.1 Å². The summed E-state index contributed by atoms with van der Waals surface area (Å²) >= 11 is 1.53. The smallest absolute Gasteiger partial charge is 0.140 e. The van der Waals surface area contributed by atoms with Crippen LogP contribution in [0.4, 0.5) is 4.39 Å². The van der Waals surface area contributed by atoms with Crippen LogP contribution in [0.1, 0.15) is 11.8 Å². The second-order valence-electron chi connectivity index (χ2n) is 3.15. The molecule has 2 aromatic rings. The van der Waals surface area contributed by atoms with E-state index in [4.69, 9.17) is 0 Å². The standard InChI is InChI=1S/C11H12FNS/c1-2-13-7-9-6-8-4-3-5-10(12)11(8)14-9/h3-6,13H,2,7H2,1H3. The Hall–Kier alpha value is -0.930. The van der Waals surface area contributed by atoms with Gasteiger partial charge in [0.05, 0.1) is 4.70 Å². The maximum Gasteiger partial charge on any atom is 0.140 e. The van der Waals surface area contributed by atoms with Gasteiger partial charge in [-0.25, -0.2) is 4.39 Å². The monoisotopic (exact) mass is 209 g/mol. The van der Waals surface area contributed by atoms with Crippen LogP contribution >= 0.6 is 11.3 Å². The van der Waals surface area contributed by atoms with E-state index in [0.29, 0.717) is 0 Å². The van der Waals surface area contributed by atoms with Crippen molar-refractivity contribution in [1.29, 1.82) is 0 Å². The summed E-state index contributed by atoms with van der Waals surface area (Å²) in [5.74, 6) is -0.116. The Labute approximate surface area is 86.6 Å². The molecule has 0 bridgehead atoms. The van der Waals surface area contributed by atoms with Crippen LogP contribution in [0.5, 0.6) is 0 Å². The van der Waals surface area contributed by atoms with Crippen LogP contribution in [0.3, 0.4) is 0 Å². The van der Waals surface area contributed by atoms with Crippen LogP contribution in [0, 0.1) is 5.82 Å². The Bertz CT molecular complexity index is 436. The van der Waals surface area contributed by atoms with E-state index in [2.05, 4.69) is 12.2 Å². The van der Waals surface area contributed by atoms with Crippen LogP contribution in [-0.2, 0) is 6.54 Å². The molecule has 0 fully saturated rings. The summed E-state index contributed by atoms with van der Waals surface area (Å²) in [5.41, 5.74) is 0. The molecule has 2 rings (SSSR count). The lowest BCUT2D eigenvalue weighted by Crippen LogP contribution is -2.10. The summed E-state index contributed by atoms with van der Waals surface area (Å²) in [7, 11) is 0. The Morgan fingerprint density at radius 1 is 1.43 bits per heavy atom. The number of halogens is 1. The van der Waals surface area contributed by atoms with Crippen molar-refractivity contribution in [2.75, 3.05) is 6.54 Å². The van der Waals surface area contributed by atoms with Crippen LogP contribution < -0.4 is 5.32 Å². The van der Waals surface area contributed by atoms with Crippen molar-refractivity contribution < 1.29 is 4.39 Å². The van der Waals surface area contributed by atoms with Crippen molar-refractivity contribution in [2.24, 2.45) is 0 Å². The molecule has 0 amide bonds. The Morgan fingerprint density at radius 3 is 3.00 bits per heavy atom. The van der Waals surface area contributed by atoms with Crippen LogP contribution in [-0.4, -0.2) is 6.54 Å². The first kappa shape index (κ1) is 9.62. The summed E-state index contributed by atoms with van der Waals surface area (Å²) in [5, 5.41) is 4.24. The fraction of sp³-hybridized carbons (Fsp3) is 0.273. The number of fused-ring (bicyclic) bond motifs is 1. The van der Waals surface area contributed by atoms with E-state index >= 15 is 0 Å². The number of hydrogen-bond donors (Lipinski definition) is 1. The lowest BCUT2D eigenvalue weighted by molar-refractivity contribution is 0.642. The quantitative estimate of drug-likeness (QED) is 0.818. The Kier molecular flexibility index (Phi) is 2.79. The van der Waals surface area contributed by atoms with E-state index in [1.807, 2.05) is 12.1 Å². The van der Waals surface area contributed by atoms with Gasteiger partial charge in [0, 0.05) is 11.4 Å². The molecule has 14 heavy (non-hydrogen) atoms. The first-order chi connectivity index (χ1) is 6.81. The maximum absolute atomic E-state index is 13.3. The van der Waals surface area contributed by atoms with E-state index in [-0.39, 0.29) is 5.82 Å². The Morgan fingerprint density at radius 2 is 2.29 bits per heavy atom. The molecule has 1 aromatic carbocycles. The molecule has 1 N–H and O–H groups in total. The predicted molar refractivity (Wildman–Crippen MR) is 59.2 cm³/mol. The largest absolute Gasteiger partial charge is 0.312 e. The molecule has 0 saturated heterocycles. The van der Waals surface area contributed by atoms with Crippen molar-refractivity contribution in [2.45, 2.75) is 13.5 Å². The SMILES string of the molecule is CCNCc1cc2cccc(F)c2s1. The highest BCUT2D eigenvalue weighted by molar-refractivity contribution is 7.19. The normalized spacial score (nSPS) is 11.0. The molecule has 0 unspecified atom stereocenters. The first-order valence-electron chi connectivity index (χ1n) is 4.69. The van der Waals surface area contributed by atoms with Crippen molar-refractivity contribution >= 4 is 21.4 Å². The second kappa shape index (κ2) is 4.07. The molecular weight excluding hydrogens is 197 g/mol. The molecular formula is C11H12FNS. The minimum atomic E-state index is -0.116. The van der Waals surface area contributed by atoms with Crippen molar-refractivity contribution in [3.63, 3.8) is 0 Å². The summed E-state index contributed by atoms with van der Waals surface area (Å²) in [4.78, 5) is 1.19. The third-order valence-electron chi connectivity index (χ3n) is 2.10. The van der Waals surface area contributed by atoms with Crippen LogP contribution in [0.15, 0.2) is 24.3 Å². The molecule has 0 atom stereocenters. The zero-order chi connectivity index (χ0) is 9.97. The second-order valence-corrected chi connectivity index (χ2v) is 4.29. The zero-order valence-corrected chi connectivity index (χ0v) is 8.83. The number of thiophene rings is 1. The average Bonchev–Trinajstić information content (AvgIpc) is 2.59. The molecule has 74 valence electrons. The average molecular weight is 209 g/mol. The van der Waals surface area contributed by atoms with Gasteiger partial charge in [0.2, 0.25) is 0 Å². The molecule has 0 aliphatic heterocycles. The molecule has 0 spiro atoms. The third-order valence-corrected chi connectivity index (χ3v) is 3.26. The fourth-order valence-corrected chi connectivity index (χ4v) is 2.45. The molecule has 0 saturated carbocycles. The van der Waals surface area contributed by atoms with E-state index in [9.17, 15) is 4.39 Å². The number of hydrogen-bond acceptors (Lipinski definition) is 2. The van der Waals surface area contributed by atoms with Gasteiger partial charge in [0.1, 0.15) is 5.82 Å². The van der Waals surface area contributed by atoms with Gasteiger partial charge in [0.15, 0.2) is 0 Å². The van der Waals surface area contributed by atoms with Gasteiger partial charge < -0.3 is 5.32 Å². The lowest BCUT2D eigenvalue weighted by Gasteiger charge is -1.95. The predicted octanol–water partition coefficient (Wildman–Crippen LogP) is 3.15. The highest BCUT2D eigenvalue weighted by Crippen LogP contribution is 2.27. The molecule has 1 heterocycles. The number of rotatable bonds is 3. The third kappa shape index (κ3) is 1.79. The van der Waals surface area contributed by atoms with Crippen molar-refractivity contribution in [3.8, 4) is 0 Å². The molecule has 3 heteroatoms. The number of nitrogens with one attached hydrogen (secondary N) is 1. The maximum atomic E-state index is 13.3. The minimum Gasteiger partial charge on any atom is -0.312 e. The summed E-state index contributed by atoms with van der Waals surface area (Å²) in [6.45, 7) is 3.83. The highest BCUT2D eigenvalue weighted by Gasteiger charge is 2.04. The first-order valence-corrected chi connectivity index (χ1v) is 5.50. The van der Waals surface area contributed by atoms with Gasteiger partial charge in [-0.15, -0.1) is 11.3 Å². The van der Waals surface area contributed by atoms with Gasteiger partial charge in [-0.3, -0.25) is 0 Å². The lowest BCUT2D eigenvalue weighted by atomic mass is 10.2. The Balaban J connectivity index is 2.36. The van der Waals surface area contributed by atoms with Crippen molar-refractivity contribution in [1.82, 2.24) is 5.32 Å². The molecule has 0 aliphatic carbocycles. The molecule has 0 radical (unpaired) electrons. The summed E-state index contributed by atoms with van der Waals surface area (Å²) < 4.78 is 14.1. The minimum absolute atomic E-state index is 0.116.